The van der Waals surface area contributed by atoms with Crippen LogP contribution in [0.3, 0.4) is 0 Å². The third kappa shape index (κ3) is 3.39. The summed E-state index contributed by atoms with van der Waals surface area (Å²) in [6, 6.07) is 0.498. The number of hydrogen-bond donors (Lipinski definition) is 3. The Kier molecular flexibility index (Phi) is 6.44. The number of nitrogens with zero attached hydrogens (tertiary/aromatic N) is 1. The topological polar surface area (TPSA) is 65.9 Å². The number of rotatable bonds is 3. The molecule has 1 spiro atoms. The number of guanidine groups is 1. The van der Waals surface area contributed by atoms with Gasteiger partial charge in [0.2, 0.25) is 0 Å². The maximum absolute atomic E-state index is 10.4. The first-order chi connectivity index (χ1) is 12.1. The Bertz CT molecular complexity index is 523. The van der Waals surface area contributed by atoms with Crippen molar-refractivity contribution >= 4 is 29.9 Å². The van der Waals surface area contributed by atoms with Crippen molar-refractivity contribution in [1.82, 2.24) is 10.6 Å². The Morgan fingerprint density at radius 3 is 2.58 bits per heavy atom. The van der Waals surface area contributed by atoms with E-state index in [0.717, 1.165) is 38.4 Å². The molecular weight excluding hydrogens is 441 g/mol. The fourth-order valence-corrected chi connectivity index (χ4v) is 6.12. The van der Waals surface area contributed by atoms with Gasteiger partial charge in [-0.1, -0.05) is 32.6 Å². The molecule has 3 aliphatic carbocycles. The zero-order valence-corrected chi connectivity index (χ0v) is 18.6. The Hall–Kier alpha value is -0.0800. The highest BCUT2D eigenvalue weighted by Crippen LogP contribution is 2.60. The van der Waals surface area contributed by atoms with Crippen LogP contribution >= 0.6 is 24.0 Å². The predicted octanol–water partition coefficient (Wildman–Crippen LogP) is 3.06. The van der Waals surface area contributed by atoms with E-state index in [1.54, 1.807) is 0 Å². The van der Waals surface area contributed by atoms with Gasteiger partial charge in [0, 0.05) is 43.0 Å². The molecule has 0 bridgehead atoms. The molecule has 150 valence electrons. The van der Waals surface area contributed by atoms with Gasteiger partial charge < -0.3 is 20.5 Å². The van der Waals surface area contributed by atoms with Gasteiger partial charge in [-0.2, -0.15) is 0 Å². The Morgan fingerprint density at radius 1 is 1.15 bits per heavy atom. The molecule has 3 N–H and O–H groups in total. The molecule has 4 fully saturated rings. The number of fused-ring (bicyclic) bond motifs is 2. The highest BCUT2D eigenvalue weighted by atomic mass is 127. The Labute approximate surface area is 175 Å². The Morgan fingerprint density at radius 2 is 1.88 bits per heavy atom. The summed E-state index contributed by atoms with van der Waals surface area (Å²) in [4.78, 5) is 4.49. The van der Waals surface area contributed by atoms with Crippen molar-refractivity contribution in [2.24, 2.45) is 21.7 Å². The van der Waals surface area contributed by atoms with Gasteiger partial charge >= 0.3 is 0 Å². The van der Waals surface area contributed by atoms with Crippen LogP contribution in [0.1, 0.15) is 64.7 Å². The van der Waals surface area contributed by atoms with Crippen LogP contribution in [0.2, 0.25) is 0 Å². The van der Waals surface area contributed by atoms with Crippen LogP contribution in [-0.2, 0) is 4.74 Å². The first-order valence-corrected chi connectivity index (χ1v) is 10.4. The van der Waals surface area contributed by atoms with E-state index in [9.17, 15) is 5.11 Å². The van der Waals surface area contributed by atoms with E-state index in [1.807, 2.05) is 7.05 Å². The normalized spacial score (nSPS) is 41.3. The average molecular weight is 477 g/mol. The molecule has 5 unspecified atom stereocenters. The number of aliphatic hydroxyl groups excluding tert-OH is 1. The van der Waals surface area contributed by atoms with Crippen molar-refractivity contribution in [1.29, 1.82) is 0 Å². The molecular formula is C20H36IN3O2. The molecule has 0 amide bonds. The second-order valence-electron chi connectivity index (χ2n) is 9.15. The van der Waals surface area contributed by atoms with Gasteiger partial charge in [0.1, 0.15) is 0 Å². The van der Waals surface area contributed by atoms with E-state index in [0.29, 0.717) is 23.5 Å². The van der Waals surface area contributed by atoms with Gasteiger partial charge in [-0.05, 0) is 32.1 Å². The lowest BCUT2D eigenvalue weighted by Crippen LogP contribution is -2.69. The van der Waals surface area contributed by atoms with E-state index in [4.69, 9.17) is 4.74 Å². The monoisotopic (exact) mass is 477 g/mol. The molecule has 5 atom stereocenters. The smallest absolute Gasteiger partial charge is 0.191 e. The quantitative estimate of drug-likeness (QED) is 0.332. The van der Waals surface area contributed by atoms with Crippen LogP contribution < -0.4 is 10.6 Å². The first-order valence-electron chi connectivity index (χ1n) is 10.4. The second kappa shape index (κ2) is 8.11. The zero-order chi connectivity index (χ0) is 17.5. The van der Waals surface area contributed by atoms with E-state index < -0.39 is 0 Å². The number of hydrogen-bond acceptors (Lipinski definition) is 3. The molecule has 5 nitrogen and oxygen atoms in total. The van der Waals surface area contributed by atoms with E-state index in [1.165, 1.54) is 38.5 Å². The lowest BCUT2D eigenvalue weighted by molar-refractivity contribution is -0.125. The van der Waals surface area contributed by atoms with Crippen LogP contribution in [0.5, 0.6) is 0 Å². The summed E-state index contributed by atoms with van der Waals surface area (Å²) < 4.78 is 6.09. The van der Waals surface area contributed by atoms with Gasteiger partial charge in [0.05, 0.1) is 12.2 Å². The zero-order valence-electron chi connectivity index (χ0n) is 16.3. The summed E-state index contributed by atoms with van der Waals surface area (Å²) in [5.74, 6) is 1.55. The summed E-state index contributed by atoms with van der Waals surface area (Å²) in [7, 11) is 1.86. The molecule has 0 radical (unpaired) electrons. The summed E-state index contributed by atoms with van der Waals surface area (Å²) >= 11 is 0. The van der Waals surface area contributed by atoms with Gasteiger partial charge in [-0.15, -0.1) is 24.0 Å². The molecule has 0 aromatic heterocycles. The molecule has 1 heterocycles. The summed E-state index contributed by atoms with van der Waals surface area (Å²) in [5.41, 5.74) is 0.298. The van der Waals surface area contributed by atoms with E-state index >= 15 is 0 Å². The number of ether oxygens (including phenoxy) is 1. The van der Waals surface area contributed by atoms with Crippen molar-refractivity contribution in [2.75, 3.05) is 20.2 Å². The van der Waals surface area contributed by atoms with Gasteiger partial charge in [-0.3, -0.25) is 4.99 Å². The molecule has 4 aliphatic rings. The van der Waals surface area contributed by atoms with Gasteiger partial charge in [0.25, 0.3) is 0 Å². The van der Waals surface area contributed by atoms with Crippen molar-refractivity contribution in [3.8, 4) is 0 Å². The third-order valence-electron chi connectivity index (χ3n) is 7.74. The predicted molar refractivity (Wildman–Crippen MR) is 115 cm³/mol. The fourth-order valence-electron chi connectivity index (χ4n) is 6.12. The molecule has 0 aromatic rings. The SMILES string of the molecule is CN=C(NCC1(C)CCCCC1O)NC1C2CCOC2C12CCCC2.I. The molecule has 0 aromatic carbocycles. The van der Waals surface area contributed by atoms with Crippen LogP contribution in [-0.4, -0.2) is 49.5 Å². The van der Waals surface area contributed by atoms with E-state index in [2.05, 4.69) is 22.5 Å². The minimum atomic E-state index is -0.204. The third-order valence-corrected chi connectivity index (χ3v) is 7.74. The second-order valence-corrected chi connectivity index (χ2v) is 9.15. The molecule has 1 saturated heterocycles. The number of nitrogens with one attached hydrogen (secondary N) is 2. The largest absolute Gasteiger partial charge is 0.392 e. The van der Waals surface area contributed by atoms with Gasteiger partial charge in [-0.25, -0.2) is 0 Å². The summed E-state index contributed by atoms with van der Waals surface area (Å²) in [6.07, 6.45) is 11.1. The summed E-state index contributed by atoms with van der Waals surface area (Å²) in [5, 5.41) is 17.7. The summed E-state index contributed by atoms with van der Waals surface area (Å²) in [6.45, 7) is 3.92. The number of halogens is 1. The standard InChI is InChI=1S/C20H35N3O2.HI/c1-19(9-4-3-7-15(19)24)13-22-18(21-2)23-16-14-8-12-25-17(14)20(16)10-5-6-11-20;/h14-17,24H,3-13H2,1-2H3,(H2,21,22,23);1H. The van der Waals surface area contributed by atoms with Crippen LogP contribution in [0.25, 0.3) is 0 Å². The minimum Gasteiger partial charge on any atom is -0.392 e. The number of aliphatic imine (C=N–C) groups is 1. The highest BCUT2D eigenvalue weighted by Gasteiger charge is 2.65. The van der Waals surface area contributed by atoms with Crippen LogP contribution in [0, 0.1) is 16.7 Å². The van der Waals surface area contributed by atoms with Crippen molar-refractivity contribution < 1.29 is 9.84 Å². The Balaban J connectivity index is 0.00000196. The molecule has 4 rings (SSSR count). The maximum atomic E-state index is 10.4. The highest BCUT2D eigenvalue weighted by molar-refractivity contribution is 14.0. The van der Waals surface area contributed by atoms with Crippen LogP contribution in [0.15, 0.2) is 4.99 Å². The number of aliphatic hydroxyl groups is 1. The molecule has 1 aliphatic heterocycles. The van der Waals surface area contributed by atoms with Crippen LogP contribution in [0.4, 0.5) is 0 Å². The lowest BCUT2D eigenvalue weighted by Gasteiger charge is -2.57. The minimum absolute atomic E-state index is 0. The average Bonchev–Trinajstić information content (AvgIpc) is 3.26. The van der Waals surface area contributed by atoms with Crippen molar-refractivity contribution in [3.05, 3.63) is 0 Å². The molecule has 26 heavy (non-hydrogen) atoms. The molecule has 3 saturated carbocycles. The van der Waals surface area contributed by atoms with Gasteiger partial charge in [0.15, 0.2) is 5.96 Å². The molecule has 6 heteroatoms. The first kappa shape index (κ1) is 20.6. The van der Waals surface area contributed by atoms with Crippen molar-refractivity contribution in [3.63, 3.8) is 0 Å². The lowest BCUT2D eigenvalue weighted by atomic mass is 9.54. The van der Waals surface area contributed by atoms with Crippen molar-refractivity contribution in [2.45, 2.75) is 83.0 Å². The fraction of sp³-hybridized carbons (Fsp3) is 0.950. The maximum Gasteiger partial charge on any atom is 0.191 e. The van der Waals surface area contributed by atoms with E-state index in [-0.39, 0.29) is 35.5 Å².